The molecule has 3 aromatic carbocycles. The summed E-state index contributed by atoms with van der Waals surface area (Å²) in [5.74, 6) is -0.907. The average molecular weight is 502 g/mol. The highest BCUT2D eigenvalue weighted by Crippen LogP contribution is 2.31. The van der Waals surface area contributed by atoms with Gasteiger partial charge in [-0.25, -0.2) is 9.38 Å². The van der Waals surface area contributed by atoms with Crippen LogP contribution in [0.15, 0.2) is 77.8 Å². The van der Waals surface area contributed by atoms with E-state index in [1.165, 1.54) is 28.8 Å². The molecule has 4 rings (SSSR count). The highest BCUT2D eigenvalue weighted by molar-refractivity contribution is 8.15. The predicted octanol–water partition coefficient (Wildman–Crippen LogP) is 6.29. The second-order valence-electron chi connectivity index (χ2n) is 7.28. The quantitative estimate of drug-likeness (QED) is 0.446. The Morgan fingerprint density at radius 1 is 1.00 bits per heavy atom. The lowest BCUT2D eigenvalue weighted by Gasteiger charge is -2.32. The van der Waals surface area contributed by atoms with Crippen LogP contribution in [0.5, 0.6) is 0 Å². The van der Waals surface area contributed by atoms with Gasteiger partial charge in [0.1, 0.15) is 11.1 Å². The molecular formula is C24H18Cl2FN3O2S. The molecule has 1 N–H and O–H groups in total. The van der Waals surface area contributed by atoms with E-state index >= 15 is 0 Å². The SMILES string of the molecule is O=C(Nc1ccc(Cl)cc1)C1CC(=O)N(Cc2ccc(F)cc2)C(=Nc2ccc(Cl)cc2)S1. The standard InChI is InChI=1S/C24H18Cl2FN3O2S/c25-16-3-9-19(10-4-16)28-23(32)21-13-22(31)30(14-15-1-7-18(27)8-2-15)24(33-21)29-20-11-5-17(26)6-12-20/h1-12,21H,13-14H2,(H,28,32). The third kappa shape index (κ3) is 6.13. The number of halogens is 3. The van der Waals surface area contributed by atoms with Gasteiger partial charge in [0.15, 0.2) is 5.17 Å². The molecule has 0 spiro atoms. The normalized spacial score (nSPS) is 17.3. The van der Waals surface area contributed by atoms with Gasteiger partial charge in [0, 0.05) is 22.2 Å². The molecule has 0 aromatic heterocycles. The van der Waals surface area contributed by atoms with Crippen molar-refractivity contribution in [2.45, 2.75) is 18.2 Å². The predicted molar refractivity (Wildman–Crippen MR) is 132 cm³/mol. The lowest BCUT2D eigenvalue weighted by atomic mass is 10.2. The maximum atomic E-state index is 13.3. The summed E-state index contributed by atoms with van der Waals surface area (Å²) in [6.45, 7) is 0.212. The Balaban J connectivity index is 1.59. The molecule has 1 atom stereocenters. The topological polar surface area (TPSA) is 61.8 Å². The number of amidine groups is 1. The van der Waals surface area contributed by atoms with Gasteiger partial charge in [-0.15, -0.1) is 0 Å². The monoisotopic (exact) mass is 501 g/mol. The number of carbonyl (C=O) groups is 2. The minimum Gasteiger partial charge on any atom is -0.325 e. The molecule has 0 saturated carbocycles. The van der Waals surface area contributed by atoms with E-state index in [9.17, 15) is 14.0 Å². The van der Waals surface area contributed by atoms with E-state index in [1.54, 1.807) is 60.7 Å². The molecular weight excluding hydrogens is 484 g/mol. The largest absolute Gasteiger partial charge is 0.325 e. The van der Waals surface area contributed by atoms with Crippen molar-refractivity contribution in [1.82, 2.24) is 4.90 Å². The summed E-state index contributed by atoms with van der Waals surface area (Å²) in [4.78, 5) is 32.1. The van der Waals surface area contributed by atoms with Gasteiger partial charge >= 0.3 is 0 Å². The Bertz CT molecular complexity index is 1190. The molecule has 3 aromatic rings. The Kier molecular flexibility index (Phi) is 7.33. The van der Waals surface area contributed by atoms with Gasteiger partial charge in [0.05, 0.1) is 12.2 Å². The van der Waals surface area contributed by atoms with Crippen molar-refractivity contribution in [2.24, 2.45) is 4.99 Å². The number of hydrogen-bond donors (Lipinski definition) is 1. The molecule has 1 unspecified atom stereocenters. The number of carbonyl (C=O) groups excluding carboxylic acids is 2. The van der Waals surface area contributed by atoms with Crippen molar-refractivity contribution in [2.75, 3.05) is 5.32 Å². The number of thioether (sulfide) groups is 1. The van der Waals surface area contributed by atoms with Crippen molar-refractivity contribution in [3.05, 3.63) is 94.2 Å². The number of nitrogens with zero attached hydrogens (tertiary/aromatic N) is 2. The van der Waals surface area contributed by atoms with Crippen LogP contribution in [0.2, 0.25) is 10.0 Å². The Morgan fingerprint density at radius 2 is 1.61 bits per heavy atom. The molecule has 1 heterocycles. The fourth-order valence-corrected chi connectivity index (χ4v) is 4.50. The first kappa shape index (κ1) is 23.3. The van der Waals surface area contributed by atoms with Gasteiger partial charge in [0.2, 0.25) is 11.8 Å². The first-order valence-corrected chi connectivity index (χ1v) is 11.6. The first-order valence-electron chi connectivity index (χ1n) is 9.99. The summed E-state index contributed by atoms with van der Waals surface area (Å²) in [5, 5.41) is 3.66. The van der Waals surface area contributed by atoms with E-state index in [1.807, 2.05) is 0 Å². The van der Waals surface area contributed by atoms with Gasteiger partial charge in [0.25, 0.3) is 0 Å². The molecule has 0 radical (unpaired) electrons. The van der Waals surface area contributed by atoms with Crippen molar-refractivity contribution in [3.8, 4) is 0 Å². The Labute approximate surface area is 204 Å². The minimum atomic E-state index is -0.663. The number of anilines is 1. The molecule has 168 valence electrons. The van der Waals surface area contributed by atoms with Crippen molar-refractivity contribution in [1.29, 1.82) is 0 Å². The third-order valence-corrected chi connectivity index (χ3v) is 6.54. The summed E-state index contributed by atoms with van der Waals surface area (Å²) in [5.41, 5.74) is 1.93. The maximum Gasteiger partial charge on any atom is 0.238 e. The maximum absolute atomic E-state index is 13.3. The van der Waals surface area contributed by atoms with Gasteiger partial charge < -0.3 is 5.32 Å². The fraction of sp³-hybridized carbons (Fsp3) is 0.125. The van der Waals surface area contributed by atoms with Crippen LogP contribution in [0.25, 0.3) is 0 Å². The van der Waals surface area contributed by atoms with Gasteiger partial charge in [-0.05, 0) is 66.2 Å². The molecule has 5 nitrogen and oxygen atoms in total. The van der Waals surface area contributed by atoms with E-state index in [0.29, 0.717) is 26.6 Å². The Hall–Kier alpha value is -2.87. The number of rotatable bonds is 5. The number of hydrogen-bond acceptors (Lipinski definition) is 4. The van der Waals surface area contributed by atoms with Crippen LogP contribution in [-0.2, 0) is 16.1 Å². The van der Waals surface area contributed by atoms with Crippen molar-refractivity contribution < 1.29 is 14.0 Å². The van der Waals surface area contributed by atoms with Crippen LogP contribution < -0.4 is 5.32 Å². The smallest absolute Gasteiger partial charge is 0.238 e. The van der Waals surface area contributed by atoms with E-state index in [4.69, 9.17) is 23.2 Å². The lowest BCUT2D eigenvalue weighted by molar-refractivity contribution is -0.129. The van der Waals surface area contributed by atoms with Crippen molar-refractivity contribution >= 4 is 63.3 Å². The van der Waals surface area contributed by atoms with Crippen LogP contribution in [0.3, 0.4) is 0 Å². The third-order valence-electron chi connectivity index (χ3n) is 4.85. The van der Waals surface area contributed by atoms with Crippen LogP contribution in [0.1, 0.15) is 12.0 Å². The number of nitrogens with one attached hydrogen (secondary N) is 1. The van der Waals surface area contributed by atoms with Crippen LogP contribution >= 0.6 is 35.0 Å². The highest BCUT2D eigenvalue weighted by Gasteiger charge is 2.36. The van der Waals surface area contributed by atoms with E-state index in [-0.39, 0.29) is 30.6 Å². The number of amides is 2. The molecule has 1 aliphatic heterocycles. The fourth-order valence-electron chi connectivity index (χ4n) is 3.15. The zero-order chi connectivity index (χ0) is 23.4. The Morgan fingerprint density at radius 3 is 2.24 bits per heavy atom. The summed E-state index contributed by atoms with van der Waals surface area (Å²) in [6, 6.07) is 19.5. The number of benzene rings is 3. The van der Waals surface area contributed by atoms with Gasteiger partial charge in [-0.1, -0.05) is 47.1 Å². The molecule has 0 aliphatic carbocycles. The zero-order valence-corrected chi connectivity index (χ0v) is 19.5. The zero-order valence-electron chi connectivity index (χ0n) is 17.2. The first-order chi connectivity index (χ1) is 15.9. The molecule has 2 amide bonds. The van der Waals surface area contributed by atoms with Gasteiger partial charge in [-0.2, -0.15) is 0 Å². The molecule has 33 heavy (non-hydrogen) atoms. The van der Waals surface area contributed by atoms with E-state index in [2.05, 4.69) is 10.3 Å². The molecule has 1 aliphatic rings. The van der Waals surface area contributed by atoms with Gasteiger partial charge in [-0.3, -0.25) is 14.5 Å². The van der Waals surface area contributed by atoms with E-state index < -0.39 is 5.25 Å². The molecule has 1 fully saturated rings. The van der Waals surface area contributed by atoms with Crippen LogP contribution in [0.4, 0.5) is 15.8 Å². The highest BCUT2D eigenvalue weighted by atomic mass is 35.5. The average Bonchev–Trinajstić information content (AvgIpc) is 2.80. The summed E-state index contributed by atoms with van der Waals surface area (Å²) < 4.78 is 13.3. The minimum absolute atomic E-state index is 0.00488. The number of aliphatic imine (C=N–C) groups is 1. The van der Waals surface area contributed by atoms with E-state index in [0.717, 1.165) is 5.56 Å². The molecule has 9 heteroatoms. The lowest BCUT2D eigenvalue weighted by Crippen LogP contribution is -2.44. The van der Waals surface area contributed by atoms with Crippen LogP contribution in [-0.4, -0.2) is 27.1 Å². The second-order valence-corrected chi connectivity index (χ2v) is 9.33. The molecule has 0 bridgehead atoms. The van der Waals surface area contributed by atoms with Crippen LogP contribution in [0, 0.1) is 5.82 Å². The second kappa shape index (κ2) is 10.4. The summed E-state index contributed by atoms with van der Waals surface area (Å²) in [6.07, 6.45) is 0.00488. The summed E-state index contributed by atoms with van der Waals surface area (Å²) in [7, 11) is 0. The summed E-state index contributed by atoms with van der Waals surface area (Å²) >= 11 is 13.1. The molecule has 1 saturated heterocycles. The van der Waals surface area contributed by atoms with Crippen molar-refractivity contribution in [3.63, 3.8) is 0 Å².